The predicted molar refractivity (Wildman–Crippen MR) is 47.3 cm³/mol. The molecule has 13 heavy (non-hydrogen) atoms. The molecule has 6 heteroatoms. The first kappa shape index (κ1) is 7.78. The van der Waals surface area contributed by atoms with Crippen molar-refractivity contribution >= 4 is 16.9 Å². The van der Waals surface area contributed by atoms with Crippen LogP contribution in [0, 0.1) is 0 Å². The smallest absolute Gasteiger partial charge is 0.320 e. The topological polar surface area (TPSA) is 89.7 Å². The Morgan fingerprint density at radius 2 is 2.38 bits per heavy atom. The summed E-state index contributed by atoms with van der Waals surface area (Å²) < 4.78 is 5.11. The van der Waals surface area contributed by atoms with Gasteiger partial charge in [0.25, 0.3) is 0 Å². The van der Waals surface area contributed by atoms with E-state index < -0.39 is 0 Å². The molecule has 0 radical (unpaired) electrons. The van der Waals surface area contributed by atoms with Gasteiger partial charge in [0, 0.05) is 0 Å². The number of aromatic nitrogens is 4. The number of anilines is 1. The van der Waals surface area contributed by atoms with Gasteiger partial charge in [-0.25, -0.2) is 0 Å². The van der Waals surface area contributed by atoms with Crippen molar-refractivity contribution in [1.82, 2.24) is 20.2 Å². The fraction of sp³-hybridized carbons (Fsp3) is 0.286. The molecule has 6 nitrogen and oxygen atoms in total. The van der Waals surface area contributed by atoms with Gasteiger partial charge in [-0.15, -0.1) is 0 Å². The Morgan fingerprint density at radius 1 is 1.54 bits per heavy atom. The molecule has 2 aromatic heterocycles. The fourth-order valence-electron chi connectivity index (χ4n) is 1.03. The molecular formula is C7H9N5O. The molecule has 2 aromatic rings. The molecule has 0 aromatic carbocycles. The van der Waals surface area contributed by atoms with Gasteiger partial charge in [-0.1, -0.05) is 0 Å². The van der Waals surface area contributed by atoms with Crippen LogP contribution in [0.3, 0.4) is 0 Å². The van der Waals surface area contributed by atoms with Crippen LogP contribution in [0.25, 0.3) is 11.0 Å². The third-order valence-electron chi connectivity index (χ3n) is 1.59. The number of nitrogen functional groups attached to an aromatic ring is 1. The molecule has 0 bridgehead atoms. The Bertz CT molecular complexity index is 424. The maximum absolute atomic E-state index is 5.64. The summed E-state index contributed by atoms with van der Waals surface area (Å²) in [5.74, 6) is 0.377. The molecule has 0 atom stereocenters. The van der Waals surface area contributed by atoms with Crippen molar-refractivity contribution in [3.05, 3.63) is 6.20 Å². The van der Waals surface area contributed by atoms with Crippen molar-refractivity contribution in [1.29, 1.82) is 0 Å². The quantitative estimate of drug-likeness (QED) is 0.693. The minimum Gasteiger partial charge on any atom is -0.464 e. The van der Waals surface area contributed by atoms with Crippen molar-refractivity contribution < 1.29 is 4.74 Å². The van der Waals surface area contributed by atoms with Crippen molar-refractivity contribution in [2.24, 2.45) is 0 Å². The molecule has 0 spiro atoms. The van der Waals surface area contributed by atoms with Gasteiger partial charge in [0.15, 0.2) is 5.65 Å². The van der Waals surface area contributed by atoms with E-state index in [1.54, 1.807) is 6.20 Å². The van der Waals surface area contributed by atoms with Crippen molar-refractivity contribution in [2.75, 3.05) is 12.3 Å². The Balaban J connectivity index is 2.56. The largest absolute Gasteiger partial charge is 0.464 e. The fourth-order valence-corrected chi connectivity index (χ4v) is 1.03. The number of hydrogen-bond donors (Lipinski definition) is 2. The van der Waals surface area contributed by atoms with Gasteiger partial charge in [-0.05, 0) is 6.92 Å². The molecule has 2 rings (SSSR count). The summed E-state index contributed by atoms with van der Waals surface area (Å²) in [6.45, 7) is 2.37. The summed E-state index contributed by atoms with van der Waals surface area (Å²) in [4.78, 5) is 8.00. The van der Waals surface area contributed by atoms with Gasteiger partial charge in [0.05, 0.1) is 18.2 Å². The van der Waals surface area contributed by atoms with E-state index in [0.29, 0.717) is 23.5 Å². The maximum atomic E-state index is 5.64. The van der Waals surface area contributed by atoms with E-state index in [4.69, 9.17) is 10.5 Å². The average molecular weight is 179 g/mol. The number of nitrogens with zero attached hydrogens (tertiary/aromatic N) is 3. The number of nitrogens with one attached hydrogen (secondary N) is 1. The summed E-state index contributed by atoms with van der Waals surface area (Å²) in [5.41, 5.74) is 6.23. The molecule has 0 amide bonds. The zero-order valence-corrected chi connectivity index (χ0v) is 7.11. The number of ether oxygens (including phenoxy) is 1. The first-order chi connectivity index (χ1) is 6.31. The van der Waals surface area contributed by atoms with Gasteiger partial charge in [0.1, 0.15) is 5.82 Å². The van der Waals surface area contributed by atoms with Gasteiger partial charge in [-0.2, -0.15) is 15.1 Å². The summed E-state index contributed by atoms with van der Waals surface area (Å²) in [6.07, 6.45) is 1.58. The normalized spacial score (nSPS) is 10.5. The highest BCUT2D eigenvalue weighted by molar-refractivity contribution is 5.84. The monoisotopic (exact) mass is 179 g/mol. The Morgan fingerprint density at radius 3 is 3.15 bits per heavy atom. The highest BCUT2D eigenvalue weighted by Crippen LogP contribution is 2.17. The van der Waals surface area contributed by atoms with E-state index in [2.05, 4.69) is 20.2 Å². The lowest BCUT2D eigenvalue weighted by molar-refractivity contribution is 0.314. The summed E-state index contributed by atoms with van der Waals surface area (Å²) in [6, 6.07) is 0.275. The van der Waals surface area contributed by atoms with Crippen molar-refractivity contribution in [3.63, 3.8) is 0 Å². The van der Waals surface area contributed by atoms with E-state index >= 15 is 0 Å². The minimum absolute atomic E-state index is 0.275. The molecule has 2 heterocycles. The van der Waals surface area contributed by atoms with Crippen molar-refractivity contribution in [2.45, 2.75) is 6.92 Å². The lowest BCUT2D eigenvalue weighted by Crippen LogP contribution is -2.00. The molecule has 0 saturated carbocycles. The predicted octanol–water partition coefficient (Wildman–Crippen LogP) is 0.334. The first-order valence-corrected chi connectivity index (χ1v) is 3.90. The highest BCUT2D eigenvalue weighted by atomic mass is 16.5. The minimum atomic E-state index is 0.275. The number of fused-ring (bicyclic) bond motifs is 1. The van der Waals surface area contributed by atoms with Crippen LogP contribution in [-0.2, 0) is 0 Å². The zero-order valence-electron chi connectivity index (χ0n) is 7.11. The van der Waals surface area contributed by atoms with E-state index in [-0.39, 0.29) is 6.01 Å². The third kappa shape index (κ3) is 1.26. The van der Waals surface area contributed by atoms with Crippen molar-refractivity contribution in [3.8, 4) is 6.01 Å². The number of rotatable bonds is 2. The number of H-pyrrole nitrogens is 1. The first-order valence-electron chi connectivity index (χ1n) is 3.90. The summed E-state index contributed by atoms with van der Waals surface area (Å²) >= 11 is 0. The molecule has 0 saturated heterocycles. The van der Waals surface area contributed by atoms with Crippen LogP contribution >= 0.6 is 0 Å². The standard InChI is InChI=1S/C7H9N5O/c1-2-13-7-10-5(8)4-3-9-12-6(4)11-7/h3H,2H2,1H3,(H3,8,9,10,11,12). The summed E-state index contributed by atoms with van der Waals surface area (Å²) in [7, 11) is 0. The second-order valence-corrected chi connectivity index (χ2v) is 2.46. The van der Waals surface area contributed by atoms with Crippen LogP contribution in [0.2, 0.25) is 0 Å². The van der Waals surface area contributed by atoms with Gasteiger partial charge in [0.2, 0.25) is 0 Å². The van der Waals surface area contributed by atoms with E-state index in [0.717, 1.165) is 0 Å². The molecule has 0 aliphatic heterocycles. The highest BCUT2D eigenvalue weighted by Gasteiger charge is 2.06. The second kappa shape index (κ2) is 2.89. The van der Waals surface area contributed by atoms with E-state index in [1.807, 2.05) is 6.92 Å². The molecule has 0 aliphatic rings. The third-order valence-corrected chi connectivity index (χ3v) is 1.59. The molecule has 3 N–H and O–H groups in total. The number of hydrogen-bond acceptors (Lipinski definition) is 5. The van der Waals surface area contributed by atoms with Crippen LogP contribution in [0.5, 0.6) is 6.01 Å². The number of nitrogens with two attached hydrogens (primary N) is 1. The zero-order chi connectivity index (χ0) is 9.26. The van der Waals surface area contributed by atoms with Crippen LogP contribution in [0.1, 0.15) is 6.92 Å². The molecule has 0 fully saturated rings. The van der Waals surface area contributed by atoms with E-state index in [1.165, 1.54) is 0 Å². The average Bonchev–Trinajstić information content (AvgIpc) is 2.53. The Labute approximate surface area is 74.1 Å². The Hall–Kier alpha value is -1.85. The van der Waals surface area contributed by atoms with E-state index in [9.17, 15) is 0 Å². The van der Waals surface area contributed by atoms with Gasteiger partial charge < -0.3 is 10.5 Å². The lowest BCUT2D eigenvalue weighted by atomic mass is 10.4. The summed E-state index contributed by atoms with van der Waals surface area (Å²) in [5, 5.41) is 7.21. The maximum Gasteiger partial charge on any atom is 0.320 e. The lowest BCUT2D eigenvalue weighted by Gasteiger charge is -2.01. The SMILES string of the molecule is CCOc1nc(N)c2cn[nH]c2n1. The molecule has 0 unspecified atom stereocenters. The van der Waals surface area contributed by atoms with Crippen LogP contribution in [0.15, 0.2) is 6.20 Å². The molecule has 0 aliphatic carbocycles. The second-order valence-electron chi connectivity index (χ2n) is 2.46. The van der Waals surface area contributed by atoms with Crippen LogP contribution in [0.4, 0.5) is 5.82 Å². The Kier molecular flexibility index (Phi) is 1.73. The van der Waals surface area contributed by atoms with Crippen LogP contribution in [-0.4, -0.2) is 26.8 Å². The van der Waals surface area contributed by atoms with Gasteiger partial charge >= 0.3 is 6.01 Å². The molecule has 68 valence electrons. The van der Waals surface area contributed by atoms with Crippen LogP contribution < -0.4 is 10.5 Å². The molecular weight excluding hydrogens is 170 g/mol. The number of aromatic amines is 1. The van der Waals surface area contributed by atoms with Gasteiger partial charge in [-0.3, -0.25) is 5.10 Å².